The SMILES string of the molecule is CCNC(=O)CN(CC(F)(F)F)c1ccc(C#N)c(C(F)(F)F)c1. The van der Waals surface area contributed by atoms with Gasteiger partial charge in [-0.1, -0.05) is 0 Å². The topological polar surface area (TPSA) is 56.1 Å². The van der Waals surface area contributed by atoms with Crippen LogP contribution >= 0.6 is 0 Å². The number of halogens is 6. The lowest BCUT2D eigenvalue weighted by atomic mass is 10.1. The molecular weight excluding hydrogens is 340 g/mol. The van der Waals surface area contributed by atoms with E-state index < -0.39 is 48.2 Å². The minimum absolute atomic E-state index is 0.167. The Morgan fingerprint density at radius 2 is 1.88 bits per heavy atom. The smallest absolute Gasteiger partial charge is 0.355 e. The fourth-order valence-corrected chi connectivity index (χ4v) is 1.94. The fourth-order valence-electron chi connectivity index (χ4n) is 1.94. The molecule has 0 saturated carbocycles. The number of hydrogen-bond donors (Lipinski definition) is 1. The van der Waals surface area contributed by atoms with Gasteiger partial charge in [-0.15, -0.1) is 0 Å². The van der Waals surface area contributed by atoms with Crippen molar-refractivity contribution in [3.05, 3.63) is 29.3 Å². The van der Waals surface area contributed by atoms with Gasteiger partial charge in [-0.25, -0.2) is 0 Å². The summed E-state index contributed by atoms with van der Waals surface area (Å²) in [6.07, 6.45) is -9.63. The molecule has 0 aliphatic carbocycles. The summed E-state index contributed by atoms with van der Waals surface area (Å²) in [4.78, 5) is 12.0. The van der Waals surface area contributed by atoms with Crippen LogP contribution in [0.2, 0.25) is 0 Å². The van der Waals surface area contributed by atoms with Gasteiger partial charge < -0.3 is 10.2 Å². The van der Waals surface area contributed by atoms with E-state index in [9.17, 15) is 31.1 Å². The van der Waals surface area contributed by atoms with Crippen molar-refractivity contribution in [2.75, 3.05) is 24.5 Å². The third-order valence-corrected chi connectivity index (χ3v) is 2.87. The Kier molecular flexibility index (Phi) is 6.06. The van der Waals surface area contributed by atoms with Crippen molar-refractivity contribution >= 4 is 11.6 Å². The maximum Gasteiger partial charge on any atom is 0.417 e. The summed E-state index contributed by atoms with van der Waals surface area (Å²) in [6, 6.07) is 3.49. The number of alkyl halides is 6. The van der Waals surface area contributed by atoms with Crippen molar-refractivity contribution in [2.45, 2.75) is 19.3 Å². The van der Waals surface area contributed by atoms with E-state index in [1.807, 2.05) is 0 Å². The lowest BCUT2D eigenvalue weighted by molar-refractivity contribution is -0.137. The van der Waals surface area contributed by atoms with Gasteiger partial charge in [0.1, 0.15) is 6.54 Å². The monoisotopic (exact) mass is 353 g/mol. The van der Waals surface area contributed by atoms with E-state index in [2.05, 4.69) is 5.32 Å². The van der Waals surface area contributed by atoms with Crippen LogP contribution in [0.5, 0.6) is 0 Å². The minimum atomic E-state index is -4.91. The summed E-state index contributed by atoms with van der Waals surface area (Å²) in [5.74, 6) is -0.764. The Hall–Kier alpha value is -2.44. The molecule has 1 aromatic carbocycles. The van der Waals surface area contributed by atoms with E-state index in [1.54, 1.807) is 6.92 Å². The van der Waals surface area contributed by atoms with Crippen LogP contribution in [0.25, 0.3) is 0 Å². The van der Waals surface area contributed by atoms with Gasteiger partial charge in [0, 0.05) is 12.2 Å². The molecule has 0 unspecified atom stereocenters. The Labute approximate surface area is 133 Å². The highest BCUT2D eigenvalue weighted by atomic mass is 19.4. The molecule has 10 heteroatoms. The van der Waals surface area contributed by atoms with Crippen molar-refractivity contribution < 1.29 is 31.1 Å². The molecule has 0 aromatic heterocycles. The van der Waals surface area contributed by atoms with Crippen molar-refractivity contribution in [2.24, 2.45) is 0 Å². The number of nitrogens with zero attached hydrogens (tertiary/aromatic N) is 2. The first-order valence-electron chi connectivity index (χ1n) is 6.67. The van der Waals surface area contributed by atoms with E-state index in [4.69, 9.17) is 5.26 Å². The molecule has 24 heavy (non-hydrogen) atoms. The number of likely N-dealkylation sites (N-methyl/N-ethyl adjacent to an activating group) is 1. The highest BCUT2D eigenvalue weighted by molar-refractivity contribution is 5.81. The van der Waals surface area contributed by atoms with Crippen LogP contribution in [0.1, 0.15) is 18.1 Å². The number of benzene rings is 1. The number of anilines is 1. The Morgan fingerprint density at radius 1 is 1.25 bits per heavy atom. The maximum absolute atomic E-state index is 12.9. The molecule has 1 N–H and O–H groups in total. The Balaban J connectivity index is 3.27. The number of carbonyl (C=O) groups is 1. The molecule has 0 heterocycles. The number of hydrogen-bond acceptors (Lipinski definition) is 3. The molecule has 0 atom stereocenters. The molecule has 1 amide bonds. The summed E-state index contributed by atoms with van der Waals surface area (Å²) in [5.41, 5.74) is -2.52. The molecule has 0 spiro atoms. The van der Waals surface area contributed by atoms with Crippen LogP contribution in [0.4, 0.5) is 32.0 Å². The maximum atomic E-state index is 12.9. The molecule has 0 aliphatic heterocycles. The molecular formula is C14H13F6N3O. The second kappa shape index (κ2) is 7.42. The van der Waals surface area contributed by atoms with E-state index in [0.717, 1.165) is 12.1 Å². The van der Waals surface area contributed by atoms with Crippen LogP contribution in [0, 0.1) is 11.3 Å². The van der Waals surface area contributed by atoms with Crippen LogP contribution in [-0.2, 0) is 11.0 Å². The summed E-state index contributed by atoms with van der Waals surface area (Å²) >= 11 is 0. The molecule has 1 rings (SSSR count). The summed E-state index contributed by atoms with van der Waals surface area (Å²) in [6.45, 7) is -0.654. The molecule has 132 valence electrons. The molecule has 0 radical (unpaired) electrons. The number of rotatable bonds is 5. The van der Waals surface area contributed by atoms with E-state index >= 15 is 0 Å². The van der Waals surface area contributed by atoms with Gasteiger partial charge in [-0.2, -0.15) is 31.6 Å². The first-order chi connectivity index (χ1) is 11.0. The van der Waals surface area contributed by atoms with Crippen molar-refractivity contribution in [3.8, 4) is 6.07 Å². The van der Waals surface area contributed by atoms with Gasteiger partial charge in [0.25, 0.3) is 0 Å². The van der Waals surface area contributed by atoms with Gasteiger partial charge in [-0.3, -0.25) is 4.79 Å². The normalized spacial score (nSPS) is 11.8. The predicted octanol–water partition coefficient (Wildman–Crippen LogP) is 3.08. The van der Waals surface area contributed by atoms with Crippen molar-refractivity contribution in [1.29, 1.82) is 5.26 Å². The standard InChI is InChI=1S/C14H13F6N3O/c1-2-22-12(24)7-23(8-13(15,16)17)10-4-3-9(6-21)11(5-10)14(18,19)20/h3-5H,2,7-8H2,1H3,(H,22,24). The highest BCUT2D eigenvalue weighted by Crippen LogP contribution is 2.35. The van der Waals surface area contributed by atoms with E-state index in [0.29, 0.717) is 11.0 Å². The lowest BCUT2D eigenvalue weighted by Gasteiger charge is -2.26. The minimum Gasteiger partial charge on any atom is -0.355 e. The zero-order valence-electron chi connectivity index (χ0n) is 12.4. The number of amides is 1. The van der Waals surface area contributed by atoms with Gasteiger partial charge in [0.2, 0.25) is 5.91 Å². The second-order valence-corrected chi connectivity index (χ2v) is 4.76. The molecule has 0 bridgehead atoms. The van der Waals surface area contributed by atoms with Gasteiger partial charge in [-0.05, 0) is 25.1 Å². The van der Waals surface area contributed by atoms with Gasteiger partial charge in [0.05, 0.1) is 23.7 Å². The Morgan fingerprint density at radius 3 is 2.33 bits per heavy atom. The molecule has 0 fully saturated rings. The number of carbonyl (C=O) groups excluding carboxylic acids is 1. The van der Waals surface area contributed by atoms with E-state index in [-0.39, 0.29) is 6.54 Å². The van der Waals surface area contributed by atoms with Crippen LogP contribution in [0.3, 0.4) is 0 Å². The Bertz CT molecular complexity index is 633. The summed E-state index contributed by atoms with van der Waals surface area (Å²) in [5, 5.41) is 11.0. The van der Waals surface area contributed by atoms with Gasteiger partial charge in [0.15, 0.2) is 0 Å². The largest absolute Gasteiger partial charge is 0.417 e. The first kappa shape index (κ1) is 19.6. The third kappa shape index (κ3) is 5.64. The average molecular weight is 353 g/mol. The fraction of sp³-hybridized carbons (Fsp3) is 0.429. The first-order valence-corrected chi connectivity index (χ1v) is 6.67. The quantitative estimate of drug-likeness (QED) is 0.828. The van der Waals surface area contributed by atoms with E-state index in [1.165, 1.54) is 6.07 Å². The summed E-state index contributed by atoms with van der Waals surface area (Å²) in [7, 11) is 0. The lowest BCUT2D eigenvalue weighted by Crippen LogP contribution is -2.42. The zero-order chi connectivity index (χ0) is 18.5. The second-order valence-electron chi connectivity index (χ2n) is 4.76. The van der Waals surface area contributed by atoms with Crippen molar-refractivity contribution in [3.63, 3.8) is 0 Å². The highest BCUT2D eigenvalue weighted by Gasteiger charge is 2.36. The molecule has 0 saturated heterocycles. The average Bonchev–Trinajstić information content (AvgIpc) is 2.43. The number of nitriles is 1. The van der Waals surface area contributed by atoms with Crippen LogP contribution < -0.4 is 10.2 Å². The summed E-state index contributed by atoms with van der Waals surface area (Å²) < 4.78 is 76.8. The zero-order valence-corrected chi connectivity index (χ0v) is 12.4. The third-order valence-electron chi connectivity index (χ3n) is 2.87. The van der Waals surface area contributed by atoms with Crippen molar-refractivity contribution in [1.82, 2.24) is 5.32 Å². The molecule has 4 nitrogen and oxygen atoms in total. The predicted molar refractivity (Wildman–Crippen MR) is 73.1 cm³/mol. The molecule has 0 aliphatic rings. The van der Waals surface area contributed by atoms with Crippen LogP contribution in [-0.4, -0.2) is 31.7 Å². The number of nitrogens with one attached hydrogen (secondary N) is 1. The van der Waals surface area contributed by atoms with Crippen LogP contribution in [0.15, 0.2) is 18.2 Å². The molecule has 1 aromatic rings. The van der Waals surface area contributed by atoms with Gasteiger partial charge >= 0.3 is 12.4 Å².